The molecule has 2 nitrogen and oxygen atoms in total. The lowest BCUT2D eigenvalue weighted by Gasteiger charge is -2.31. The number of hydrogen-bond acceptors (Lipinski definition) is 2. The van der Waals surface area contributed by atoms with E-state index in [1.165, 1.54) is 12.8 Å². The molecule has 0 saturated heterocycles. The summed E-state index contributed by atoms with van der Waals surface area (Å²) in [5, 5.41) is 0. The number of ketones is 1. The number of hydrogen-bond donors (Lipinski definition) is 0. The molecule has 0 aliphatic heterocycles. The van der Waals surface area contributed by atoms with Crippen LogP contribution in [0.5, 0.6) is 0 Å². The summed E-state index contributed by atoms with van der Waals surface area (Å²) in [7, 11) is 0. The molecule has 0 heterocycles. The highest BCUT2D eigenvalue weighted by Crippen LogP contribution is 2.30. The second-order valence-corrected chi connectivity index (χ2v) is 4.52. The summed E-state index contributed by atoms with van der Waals surface area (Å²) in [5.74, 6) is 1.15. The maximum atomic E-state index is 11.2. The molecule has 0 radical (unpaired) electrons. The molecule has 1 fully saturated rings. The molecule has 2 heteroatoms. The van der Waals surface area contributed by atoms with Crippen molar-refractivity contribution in [3.63, 3.8) is 0 Å². The van der Waals surface area contributed by atoms with Crippen LogP contribution in [0.3, 0.4) is 0 Å². The second-order valence-electron chi connectivity index (χ2n) is 4.52. The lowest BCUT2D eigenvalue weighted by molar-refractivity contribution is -0.122. The minimum Gasteiger partial charge on any atom is -0.298 e. The summed E-state index contributed by atoms with van der Waals surface area (Å²) < 4.78 is 0. The summed E-state index contributed by atoms with van der Waals surface area (Å²) in [6, 6.07) is 0.583. The van der Waals surface area contributed by atoms with Crippen molar-refractivity contribution in [2.75, 3.05) is 6.54 Å². The quantitative estimate of drug-likeness (QED) is 0.650. The Morgan fingerprint density at radius 3 is 2.23 bits per heavy atom. The van der Waals surface area contributed by atoms with Crippen molar-refractivity contribution >= 4 is 5.78 Å². The number of nitrogens with zero attached hydrogens (tertiary/aromatic N) is 1. The van der Waals surface area contributed by atoms with Gasteiger partial charge in [-0.15, -0.1) is 0 Å². The van der Waals surface area contributed by atoms with Crippen molar-refractivity contribution < 1.29 is 4.79 Å². The molecule has 1 saturated carbocycles. The van der Waals surface area contributed by atoms with Crippen LogP contribution in [-0.4, -0.2) is 29.3 Å². The van der Waals surface area contributed by atoms with Crippen molar-refractivity contribution in [1.82, 2.24) is 4.90 Å². The van der Waals surface area contributed by atoms with Gasteiger partial charge in [0.25, 0.3) is 0 Å². The first-order valence-corrected chi connectivity index (χ1v) is 5.28. The molecule has 1 atom stereocenters. The molecule has 0 aromatic rings. The van der Waals surface area contributed by atoms with E-state index in [9.17, 15) is 4.79 Å². The Morgan fingerprint density at radius 2 is 1.92 bits per heavy atom. The predicted octanol–water partition coefficient (Wildman–Crippen LogP) is 2.08. The summed E-state index contributed by atoms with van der Waals surface area (Å²) in [4.78, 5) is 13.6. The highest BCUT2D eigenvalue weighted by atomic mass is 16.1. The Kier molecular flexibility index (Phi) is 3.48. The van der Waals surface area contributed by atoms with Gasteiger partial charge in [0.15, 0.2) is 0 Å². The zero-order valence-corrected chi connectivity index (χ0v) is 9.21. The Bertz CT molecular complexity index is 185. The van der Waals surface area contributed by atoms with Crippen LogP contribution in [0.2, 0.25) is 0 Å². The average molecular weight is 183 g/mol. The molecule has 0 spiro atoms. The van der Waals surface area contributed by atoms with Crippen molar-refractivity contribution in [1.29, 1.82) is 0 Å². The van der Waals surface area contributed by atoms with Crippen LogP contribution in [0.4, 0.5) is 0 Å². The molecule has 13 heavy (non-hydrogen) atoms. The van der Waals surface area contributed by atoms with Gasteiger partial charge < -0.3 is 0 Å². The number of rotatable bonds is 5. The van der Waals surface area contributed by atoms with E-state index in [1.54, 1.807) is 6.92 Å². The third kappa shape index (κ3) is 3.11. The zero-order valence-electron chi connectivity index (χ0n) is 9.21. The first-order chi connectivity index (χ1) is 6.02. The smallest absolute Gasteiger partial charge is 0.146 e. The second kappa shape index (κ2) is 4.23. The molecule has 1 aliphatic rings. The maximum absolute atomic E-state index is 11.2. The summed E-state index contributed by atoms with van der Waals surface area (Å²) in [6.45, 7) is 9.15. The molecule has 1 aliphatic carbocycles. The molecule has 1 rings (SSSR count). The third-order valence-corrected chi connectivity index (χ3v) is 2.92. The summed E-state index contributed by atoms with van der Waals surface area (Å²) in [5.41, 5.74) is 0. The van der Waals surface area contributed by atoms with Crippen molar-refractivity contribution in [2.45, 2.75) is 52.6 Å². The number of carbonyl (C=O) groups is 1. The van der Waals surface area contributed by atoms with E-state index < -0.39 is 0 Å². The van der Waals surface area contributed by atoms with Gasteiger partial charge in [0.1, 0.15) is 5.78 Å². The highest BCUT2D eigenvalue weighted by molar-refractivity contribution is 5.80. The average Bonchev–Trinajstić information content (AvgIpc) is 2.81. The molecule has 0 amide bonds. The fourth-order valence-electron chi connectivity index (χ4n) is 1.65. The summed E-state index contributed by atoms with van der Waals surface area (Å²) >= 11 is 0. The van der Waals surface area contributed by atoms with Gasteiger partial charge in [0, 0.05) is 12.6 Å². The van der Waals surface area contributed by atoms with Crippen LogP contribution in [0.25, 0.3) is 0 Å². The topological polar surface area (TPSA) is 20.3 Å². The van der Waals surface area contributed by atoms with Crippen LogP contribution in [0.1, 0.15) is 40.5 Å². The molecule has 76 valence electrons. The van der Waals surface area contributed by atoms with E-state index in [-0.39, 0.29) is 11.8 Å². The SMILES string of the molecule is CC(=O)C(C)N(CC1CC1)C(C)C. The lowest BCUT2D eigenvalue weighted by atomic mass is 10.1. The number of carbonyl (C=O) groups excluding carboxylic acids is 1. The van der Waals surface area contributed by atoms with Crippen LogP contribution in [0.15, 0.2) is 0 Å². The van der Waals surface area contributed by atoms with Gasteiger partial charge >= 0.3 is 0 Å². The summed E-state index contributed by atoms with van der Waals surface area (Å²) in [6.07, 6.45) is 2.71. The molecular formula is C11H21NO. The van der Waals surface area contributed by atoms with Gasteiger partial charge in [-0.3, -0.25) is 9.69 Å². The zero-order chi connectivity index (χ0) is 10.0. The normalized spacial score (nSPS) is 19.5. The maximum Gasteiger partial charge on any atom is 0.146 e. The molecular weight excluding hydrogens is 162 g/mol. The van der Waals surface area contributed by atoms with Crippen molar-refractivity contribution in [2.24, 2.45) is 5.92 Å². The molecule has 0 aromatic heterocycles. The number of Topliss-reactive ketones (excluding diaryl/α,β-unsaturated/α-hetero) is 1. The Morgan fingerprint density at radius 1 is 1.38 bits per heavy atom. The Balaban J connectivity index is 2.48. The fourth-order valence-corrected chi connectivity index (χ4v) is 1.65. The van der Waals surface area contributed by atoms with E-state index in [2.05, 4.69) is 18.7 Å². The molecule has 0 bridgehead atoms. The van der Waals surface area contributed by atoms with Crippen LogP contribution in [0, 0.1) is 5.92 Å². The minimum atomic E-state index is 0.0978. The van der Waals surface area contributed by atoms with Gasteiger partial charge in [0.2, 0.25) is 0 Å². The van der Waals surface area contributed by atoms with Crippen molar-refractivity contribution in [3.05, 3.63) is 0 Å². The van der Waals surface area contributed by atoms with Gasteiger partial charge in [-0.05, 0) is 46.5 Å². The van der Waals surface area contributed by atoms with Crippen LogP contribution >= 0.6 is 0 Å². The largest absolute Gasteiger partial charge is 0.298 e. The fraction of sp³-hybridized carbons (Fsp3) is 0.909. The highest BCUT2D eigenvalue weighted by Gasteiger charge is 2.29. The van der Waals surface area contributed by atoms with Gasteiger partial charge in [-0.25, -0.2) is 0 Å². The van der Waals surface area contributed by atoms with Gasteiger partial charge in [0.05, 0.1) is 6.04 Å². The van der Waals surface area contributed by atoms with Crippen LogP contribution in [-0.2, 0) is 4.79 Å². The standard InChI is InChI=1S/C11H21NO/c1-8(2)12(7-11-5-6-11)9(3)10(4)13/h8-9,11H,5-7H2,1-4H3. The first kappa shape index (κ1) is 10.7. The first-order valence-electron chi connectivity index (χ1n) is 5.28. The van der Waals surface area contributed by atoms with E-state index in [0.29, 0.717) is 6.04 Å². The van der Waals surface area contributed by atoms with Crippen LogP contribution < -0.4 is 0 Å². The van der Waals surface area contributed by atoms with E-state index >= 15 is 0 Å². The predicted molar refractivity (Wildman–Crippen MR) is 54.7 cm³/mol. The Hall–Kier alpha value is -0.370. The van der Waals surface area contributed by atoms with Gasteiger partial charge in [-0.2, -0.15) is 0 Å². The lowest BCUT2D eigenvalue weighted by Crippen LogP contribution is -2.43. The third-order valence-electron chi connectivity index (χ3n) is 2.92. The van der Waals surface area contributed by atoms with E-state index in [0.717, 1.165) is 12.5 Å². The van der Waals surface area contributed by atoms with E-state index in [1.807, 2.05) is 6.92 Å². The monoisotopic (exact) mass is 183 g/mol. The molecule has 1 unspecified atom stereocenters. The van der Waals surface area contributed by atoms with Crippen molar-refractivity contribution in [3.8, 4) is 0 Å². The van der Waals surface area contributed by atoms with Gasteiger partial charge in [-0.1, -0.05) is 0 Å². The van der Waals surface area contributed by atoms with E-state index in [4.69, 9.17) is 0 Å². The Labute approximate surface area is 81.3 Å². The minimum absolute atomic E-state index is 0.0978. The molecule has 0 aromatic carbocycles. The molecule has 0 N–H and O–H groups in total.